The summed E-state index contributed by atoms with van der Waals surface area (Å²) in [6, 6.07) is 3.90. The molecule has 62 valence electrons. The molecule has 1 aromatic rings. The predicted molar refractivity (Wildman–Crippen MR) is 49.6 cm³/mol. The zero-order valence-electron chi connectivity index (χ0n) is 7.33. The van der Waals surface area contributed by atoms with Crippen LogP contribution in [0.2, 0.25) is 0 Å². The predicted octanol–water partition coefficient (Wildman–Crippen LogP) is 1.28. The molecule has 1 rings (SSSR count). The molecule has 0 spiro atoms. The van der Waals surface area contributed by atoms with Gasteiger partial charge in [0.1, 0.15) is 0 Å². The van der Waals surface area contributed by atoms with Crippen LogP contribution in [0.1, 0.15) is 17.3 Å². The fourth-order valence-electron chi connectivity index (χ4n) is 1.09. The van der Waals surface area contributed by atoms with E-state index in [0.717, 1.165) is 11.3 Å². The summed E-state index contributed by atoms with van der Waals surface area (Å²) < 4.78 is 0. The van der Waals surface area contributed by atoms with E-state index in [0.29, 0.717) is 0 Å². The minimum Gasteiger partial charge on any atom is -0.303 e. The third-order valence-electron chi connectivity index (χ3n) is 1.71. The van der Waals surface area contributed by atoms with Gasteiger partial charge < -0.3 is 5.32 Å². The van der Waals surface area contributed by atoms with Crippen molar-refractivity contribution in [3.8, 4) is 12.3 Å². The van der Waals surface area contributed by atoms with Gasteiger partial charge in [0.25, 0.3) is 0 Å². The van der Waals surface area contributed by atoms with Crippen LogP contribution < -0.4 is 5.32 Å². The third-order valence-corrected chi connectivity index (χ3v) is 1.71. The number of aromatic nitrogens is 1. The first-order valence-corrected chi connectivity index (χ1v) is 3.84. The molecule has 0 saturated heterocycles. The van der Waals surface area contributed by atoms with Crippen molar-refractivity contribution in [3.05, 3.63) is 29.6 Å². The molecule has 1 aromatic heterocycles. The van der Waals surface area contributed by atoms with Gasteiger partial charge in [-0.2, -0.15) is 0 Å². The Kier molecular flexibility index (Phi) is 2.84. The van der Waals surface area contributed by atoms with Gasteiger partial charge in [0.15, 0.2) is 0 Å². The van der Waals surface area contributed by atoms with Crippen LogP contribution in [0.15, 0.2) is 18.3 Å². The van der Waals surface area contributed by atoms with Crippen molar-refractivity contribution in [2.24, 2.45) is 0 Å². The highest BCUT2D eigenvalue weighted by molar-refractivity contribution is 5.25. The van der Waals surface area contributed by atoms with Crippen LogP contribution in [0.4, 0.5) is 0 Å². The Morgan fingerprint density at radius 1 is 1.67 bits per heavy atom. The van der Waals surface area contributed by atoms with E-state index < -0.39 is 0 Å². The second kappa shape index (κ2) is 3.89. The second-order valence-corrected chi connectivity index (χ2v) is 2.62. The third kappa shape index (κ3) is 1.84. The Morgan fingerprint density at radius 2 is 2.42 bits per heavy atom. The number of aryl methyl sites for hydroxylation is 1. The summed E-state index contributed by atoms with van der Waals surface area (Å²) in [4.78, 5) is 4.09. The van der Waals surface area contributed by atoms with Gasteiger partial charge in [0, 0.05) is 11.9 Å². The van der Waals surface area contributed by atoms with Crippen LogP contribution in [0.5, 0.6) is 0 Å². The minimum absolute atomic E-state index is 0.00769. The Bertz CT molecular complexity index is 299. The van der Waals surface area contributed by atoms with E-state index in [4.69, 9.17) is 6.42 Å². The van der Waals surface area contributed by atoms with Gasteiger partial charge in [0.2, 0.25) is 0 Å². The number of nitrogens with one attached hydrogen (secondary N) is 1. The Balaban J connectivity index is 2.95. The van der Waals surface area contributed by atoms with E-state index in [9.17, 15) is 0 Å². The van der Waals surface area contributed by atoms with Crippen LogP contribution in [0.3, 0.4) is 0 Å². The van der Waals surface area contributed by atoms with E-state index in [1.54, 1.807) is 6.20 Å². The number of pyridine rings is 1. The van der Waals surface area contributed by atoms with Gasteiger partial charge in [-0.05, 0) is 31.7 Å². The molecule has 0 bridgehead atoms. The summed E-state index contributed by atoms with van der Waals surface area (Å²) >= 11 is 0. The standard InChI is InChI=1S/C10H12N2/c1-4-10(11-3)9-5-6-12-8(2)7-9/h1,5-7,10-11H,2-3H3. The van der Waals surface area contributed by atoms with E-state index >= 15 is 0 Å². The van der Waals surface area contributed by atoms with Gasteiger partial charge in [-0.25, -0.2) is 0 Å². The highest BCUT2D eigenvalue weighted by Crippen LogP contribution is 2.10. The zero-order chi connectivity index (χ0) is 8.97. The molecule has 0 radical (unpaired) electrons. The number of terminal acetylenes is 1. The molecule has 0 amide bonds. The van der Waals surface area contributed by atoms with Crippen molar-refractivity contribution >= 4 is 0 Å². The van der Waals surface area contributed by atoms with Crippen molar-refractivity contribution in [1.82, 2.24) is 10.3 Å². The summed E-state index contributed by atoms with van der Waals surface area (Å²) in [6.07, 6.45) is 7.10. The van der Waals surface area contributed by atoms with Crippen molar-refractivity contribution in [1.29, 1.82) is 0 Å². The molecule has 1 unspecified atom stereocenters. The summed E-state index contributed by atoms with van der Waals surface area (Å²) in [5.74, 6) is 2.66. The number of rotatable bonds is 2. The molecular weight excluding hydrogens is 148 g/mol. The lowest BCUT2D eigenvalue weighted by Crippen LogP contribution is -2.14. The van der Waals surface area contributed by atoms with Crippen molar-refractivity contribution in [2.75, 3.05) is 7.05 Å². The fraction of sp³-hybridized carbons (Fsp3) is 0.300. The monoisotopic (exact) mass is 160 g/mol. The highest BCUT2D eigenvalue weighted by atomic mass is 14.9. The molecule has 2 heteroatoms. The van der Waals surface area contributed by atoms with Crippen molar-refractivity contribution in [2.45, 2.75) is 13.0 Å². The van der Waals surface area contributed by atoms with Crippen molar-refractivity contribution < 1.29 is 0 Å². The first-order valence-electron chi connectivity index (χ1n) is 3.84. The topological polar surface area (TPSA) is 24.9 Å². The lowest BCUT2D eigenvalue weighted by Gasteiger charge is -2.09. The van der Waals surface area contributed by atoms with Gasteiger partial charge in [-0.1, -0.05) is 5.92 Å². The molecule has 1 N–H and O–H groups in total. The molecule has 0 aromatic carbocycles. The largest absolute Gasteiger partial charge is 0.303 e. The molecule has 0 aliphatic heterocycles. The Labute approximate surface area is 73.0 Å². The lowest BCUT2D eigenvalue weighted by molar-refractivity contribution is 0.734. The van der Waals surface area contributed by atoms with Gasteiger partial charge in [0.05, 0.1) is 6.04 Å². The molecule has 1 atom stereocenters. The van der Waals surface area contributed by atoms with Crippen LogP contribution in [-0.4, -0.2) is 12.0 Å². The van der Waals surface area contributed by atoms with E-state index in [1.165, 1.54) is 0 Å². The number of hydrogen-bond donors (Lipinski definition) is 1. The first-order chi connectivity index (χ1) is 5.77. The summed E-state index contributed by atoms with van der Waals surface area (Å²) in [7, 11) is 1.85. The molecule has 2 nitrogen and oxygen atoms in total. The van der Waals surface area contributed by atoms with Gasteiger partial charge >= 0.3 is 0 Å². The molecule has 0 fully saturated rings. The highest BCUT2D eigenvalue weighted by Gasteiger charge is 2.03. The number of hydrogen-bond acceptors (Lipinski definition) is 2. The normalized spacial score (nSPS) is 12.1. The van der Waals surface area contributed by atoms with E-state index in [2.05, 4.69) is 16.2 Å². The molecular formula is C10H12N2. The maximum Gasteiger partial charge on any atom is 0.0941 e. The average Bonchev–Trinajstić information content (AvgIpc) is 2.07. The maximum atomic E-state index is 5.33. The maximum absolute atomic E-state index is 5.33. The zero-order valence-corrected chi connectivity index (χ0v) is 7.33. The molecule has 1 heterocycles. The van der Waals surface area contributed by atoms with Crippen LogP contribution in [0.25, 0.3) is 0 Å². The van der Waals surface area contributed by atoms with Crippen LogP contribution in [0, 0.1) is 19.3 Å². The average molecular weight is 160 g/mol. The van der Waals surface area contributed by atoms with E-state index in [-0.39, 0.29) is 6.04 Å². The summed E-state index contributed by atoms with van der Waals surface area (Å²) in [6.45, 7) is 1.95. The summed E-state index contributed by atoms with van der Waals surface area (Å²) in [5.41, 5.74) is 2.08. The number of nitrogens with zero attached hydrogens (tertiary/aromatic N) is 1. The summed E-state index contributed by atoms with van der Waals surface area (Å²) in [5, 5.41) is 3.03. The Morgan fingerprint density at radius 3 is 2.92 bits per heavy atom. The van der Waals surface area contributed by atoms with Gasteiger partial charge in [-0.3, -0.25) is 4.98 Å². The van der Waals surface area contributed by atoms with Crippen LogP contribution in [-0.2, 0) is 0 Å². The first kappa shape index (κ1) is 8.76. The fourth-order valence-corrected chi connectivity index (χ4v) is 1.09. The molecule has 0 aliphatic rings. The quantitative estimate of drug-likeness (QED) is 0.659. The lowest BCUT2D eigenvalue weighted by atomic mass is 10.1. The van der Waals surface area contributed by atoms with Crippen LogP contribution >= 0.6 is 0 Å². The van der Waals surface area contributed by atoms with E-state index in [1.807, 2.05) is 26.1 Å². The molecule has 0 saturated carbocycles. The molecule has 12 heavy (non-hydrogen) atoms. The van der Waals surface area contributed by atoms with Gasteiger partial charge in [-0.15, -0.1) is 6.42 Å². The SMILES string of the molecule is C#CC(NC)c1ccnc(C)c1. The Hall–Kier alpha value is -1.33. The second-order valence-electron chi connectivity index (χ2n) is 2.62. The molecule has 0 aliphatic carbocycles. The van der Waals surface area contributed by atoms with Crippen molar-refractivity contribution in [3.63, 3.8) is 0 Å². The smallest absolute Gasteiger partial charge is 0.0941 e. The minimum atomic E-state index is -0.00769.